The molecule has 0 aliphatic heterocycles. The van der Waals surface area contributed by atoms with Crippen LogP contribution in [0.15, 0.2) is 12.4 Å². The second-order valence-electron chi connectivity index (χ2n) is 11.9. The minimum Gasteiger partial charge on any atom is -0.390 e. The lowest BCUT2D eigenvalue weighted by Crippen LogP contribution is -2.51. The molecule has 0 aromatic carbocycles. The fourth-order valence-electron chi connectivity index (χ4n) is 8.90. The van der Waals surface area contributed by atoms with Crippen molar-refractivity contribution in [2.45, 2.75) is 84.3 Å². The van der Waals surface area contributed by atoms with Crippen LogP contribution in [0.5, 0.6) is 0 Å². The van der Waals surface area contributed by atoms with Gasteiger partial charge < -0.3 is 5.11 Å². The molecule has 1 aromatic heterocycles. The first-order valence-corrected chi connectivity index (χ1v) is 12.4. The Kier molecular flexibility index (Phi) is 5.09. The molecule has 0 saturated heterocycles. The molecule has 4 aliphatic rings. The maximum Gasteiger partial charge on any atom is 0.158 e. The lowest BCUT2D eigenvalue weighted by molar-refractivity contribution is -0.134. The molecule has 5 heteroatoms. The summed E-state index contributed by atoms with van der Waals surface area (Å²) in [5, 5.41) is 23.9. The molecule has 9 atom stereocenters. The molecule has 0 amide bonds. The van der Waals surface area contributed by atoms with Crippen molar-refractivity contribution in [1.29, 1.82) is 5.26 Å². The maximum absolute atomic E-state index is 13.5. The average molecular weight is 424 g/mol. The van der Waals surface area contributed by atoms with E-state index in [2.05, 4.69) is 25.0 Å². The smallest absolute Gasteiger partial charge is 0.158 e. The van der Waals surface area contributed by atoms with Crippen molar-refractivity contribution in [3.63, 3.8) is 0 Å². The van der Waals surface area contributed by atoms with Crippen LogP contribution in [0.3, 0.4) is 0 Å². The van der Waals surface area contributed by atoms with Crippen LogP contribution in [0.1, 0.15) is 77.7 Å². The number of carbonyl (C=O) groups is 1. The van der Waals surface area contributed by atoms with Gasteiger partial charge in [-0.05, 0) is 99.2 Å². The van der Waals surface area contributed by atoms with Crippen LogP contribution in [0.25, 0.3) is 0 Å². The summed E-state index contributed by atoms with van der Waals surface area (Å²) < 4.78 is 1.65. The molecule has 31 heavy (non-hydrogen) atoms. The number of aliphatic hydroxyl groups is 1. The number of hydrogen-bond donors (Lipinski definition) is 1. The summed E-state index contributed by atoms with van der Waals surface area (Å²) >= 11 is 0. The van der Waals surface area contributed by atoms with Crippen molar-refractivity contribution in [2.75, 3.05) is 0 Å². The lowest BCUT2D eigenvalue weighted by Gasteiger charge is -2.56. The first kappa shape index (κ1) is 21.2. The van der Waals surface area contributed by atoms with E-state index in [-0.39, 0.29) is 17.9 Å². The molecule has 4 fully saturated rings. The van der Waals surface area contributed by atoms with Gasteiger partial charge in [0.05, 0.1) is 23.9 Å². The van der Waals surface area contributed by atoms with E-state index in [1.54, 1.807) is 17.1 Å². The van der Waals surface area contributed by atoms with Crippen LogP contribution in [-0.4, -0.2) is 26.3 Å². The van der Waals surface area contributed by atoms with Gasteiger partial charge in [0.2, 0.25) is 0 Å². The Labute approximate surface area is 186 Å². The fraction of sp³-hybridized carbons (Fsp3) is 0.808. The van der Waals surface area contributed by atoms with Crippen LogP contribution < -0.4 is 0 Å². The third kappa shape index (κ3) is 3.46. The van der Waals surface area contributed by atoms with Gasteiger partial charge in [0, 0.05) is 12.1 Å². The van der Waals surface area contributed by atoms with Gasteiger partial charge in [-0.3, -0.25) is 9.48 Å². The summed E-state index contributed by atoms with van der Waals surface area (Å²) in [5.41, 5.74) is 0.143. The van der Waals surface area contributed by atoms with Crippen molar-refractivity contribution >= 4 is 5.78 Å². The third-order valence-corrected chi connectivity index (χ3v) is 10.0. The van der Waals surface area contributed by atoms with E-state index in [4.69, 9.17) is 5.26 Å². The first-order valence-electron chi connectivity index (χ1n) is 12.4. The Morgan fingerprint density at radius 1 is 1.23 bits per heavy atom. The predicted octanol–water partition coefficient (Wildman–Crippen LogP) is 4.59. The molecule has 1 unspecified atom stereocenters. The number of nitrogens with zero attached hydrogens (tertiary/aromatic N) is 3. The quantitative estimate of drug-likeness (QED) is 0.771. The van der Waals surface area contributed by atoms with E-state index in [9.17, 15) is 9.90 Å². The fourth-order valence-corrected chi connectivity index (χ4v) is 8.90. The number of Topliss-reactive ketones (excluding diaryl/α,β-unsaturated/α-hetero) is 1. The van der Waals surface area contributed by atoms with E-state index >= 15 is 0 Å². The normalized spacial score (nSPS) is 46.5. The Balaban J connectivity index is 1.34. The van der Waals surface area contributed by atoms with Crippen LogP contribution in [0.4, 0.5) is 0 Å². The van der Waals surface area contributed by atoms with Crippen molar-refractivity contribution in [1.82, 2.24) is 9.78 Å². The maximum atomic E-state index is 13.5. The number of rotatable bonds is 3. The first-order chi connectivity index (χ1) is 14.7. The summed E-state index contributed by atoms with van der Waals surface area (Å²) in [5.74, 6) is 4.46. The Hall–Kier alpha value is -1.67. The van der Waals surface area contributed by atoms with Crippen molar-refractivity contribution < 1.29 is 9.90 Å². The number of ketones is 1. The summed E-state index contributed by atoms with van der Waals surface area (Å²) in [4.78, 5) is 13.5. The van der Waals surface area contributed by atoms with Crippen LogP contribution in [-0.2, 0) is 11.3 Å². The highest BCUT2D eigenvalue weighted by molar-refractivity contribution is 5.82. The zero-order valence-corrected chi connectivity index (χ0v) is 19.3. The summed E-state index contributed by atoms with van der Waals surface area (Å²) in [6.07, 6.45) is 12.5. The molecule has 4 aliphatic carbocycles. The molecule has 5 nitrogen and oxygen atoms in total. The standard InChI is InChI=1S/C26H37N3O2/c1-16-10-22-21-5-4-18-11-25(2,31)8-6-19(18)20(21)7-9-26(22,3)24(16)23(30)15-29-14-17(12-27)13-28-29/h13-14,16,18-22,24,31H,4-11,15H2,1-3H3/t16-,18-,19+,20-,21?,22+,24-,25-,26+/m1/s1. The molecule has 1 N–H and O–H groups in total. The SMILES string of the molecule is C[C@@H]1C[C@H]2C3CC[C@@H]4C[C@](C)(O)CC[C@@H]4[C@H]3CC[C@]2(C)[C@H]1C(=O)Cn1cc(C#N)cn1. The highest BCUT2D eigenvalue weighted by atomic mass is 16.3. The number of fused-ring (bicyclic) bond motifs is 5. The average Bonchev–Trinajstić information content (AvgIpc) is 3.27. The van der Waals surface area contributed by atoms with Crippen LogP contribution in [0, 0.1) is 58.2 Å². The molecule has 1 aromatic rings. The Morgan fingerprint density at radius 3 is 2.74 bits per heavy atom. The molecular weight excluding hydrogens is 386 g/mol. The van der Waals surface area contributed by atoms with E-state index in [0.29, 0.717) is 29.1 Å². The van der Waals surface area contributed by atoms with Crippen LogP contribution >= 0.6 is 0 Å². The van der Waals surface area contributed by atoms with Gasteiger partial charge in [-0.15, -0.1) is 0 Å². The number of hydrogen-bond acceptors (Lipinski definition) is 4. The molecule has 5 rings (SSSR count). The van der Waals surface area contributed by atoms with E-state index in [0.717, 1.165) is 37.0 Å². The zero-order chi connectivity index (χ0) is 22.0. The zero-order valence-electron chi connectivity index (χ0n) is 19.3. The van der Waals surface area contributed by atoms with E-state index in [1.165, 1.54) is 32.1 Å². The molecule has 0 bridgehead atoms. The minimum absolute atomic E-state index is 0.0931. The molecule has 168 valence electrons. The van der Waals surface area contributed by atoms with Crippen molar-refractivity contribution in [3.05, 3.63) is 18.0 Å². The van der Waals surface area contributed by atoms with Gasteiger partial charge in [0.15, 0.2) is 5.78 Å². The van der Waals surface area contributed by atoms with Gasteiger partial charge in [-0.25, -0.2) is 0 Å². The molecular formula is C26H37N3O2. The second kappa shape index (κ2) is 7.44. The Bertz CT molecular complexity index is 899. The van der Waals surface area contributed by atoms with Crippen LogP contribution in [0.2, 0.25) is 0 Å². The highest BCUT2D eigenvalue weighted by Crippen LogP contribution is 2.66. The number of carbonyl (C=O) groups excluding carboxylic acids is 1. The molecule has 4 saturated carbocycles. The number of aromatic nitrogens is 2. The summed E-state index contributed by atoms with van der Waals surface area (Å²) in [6, 6.07) is 2.10. The van der Waals surface area contributed by atoms with Gasteiger partial charge in [0.1, 0.15) is 6.07 Å². The largest absolute Gasteiger partial charge is 0.390 e. The highest BCUT2D eigenvalue weighted by Gasteiger charge is 2.60. The monoisotopic (exact) mass is 423 g/mol. The lowest BCUT2D eigenvalue weighted by atomic mass is 9.49. The van der Waals surface area contributed by atoms with Gasteiger partial charge >= 0.3 is 0 Å². The summed E-state index contributed by atoms with van der Waals surface area (Å²) in [6.45, 7) is 7.00. The molecule has 0 radical (unpaired) electrons. The van der Waals surface area contributed by atoms with Gasteiger partial charge in [-0.2, -0.15) is 10.4 Å². The van der Waals surface area contributed by atoms with Gasteiger partial charge in [-0.1, -0.05) is 13.8 Å². The van der Waals surface area contributed by atoms with E-state index in [1.807, 2.05) is 6.92 Å². The Morgan fingerprint density at radius 2 is 2.00 bits per heavy atom. The van der Waals surface area contributed by atoms with Crippen molar-refractivity contribution in [3.8, 4) is 6.07 Å². The summed E-state index contributed by atoms with van der Waals surface area (Å²) in [7, 11) is 0. The number of nitriles is 1. The predicted molar refractivity (Wildman–Crippen MR) is 118 cm³/mol. The minimum atomic E-state index is -0.464. The topological polar surface area (TPSA) is 78.9 Å². The van der Waals surface area contributed by atoms with E-state index < -0.39 is 5.60 Å². The molecule has 1 heterocycles. The second-order valence-corrected chi connectivity index (χ2v) is 11.9. The third-order valence-electron chi connectivity index (χ3n) is 10.0. The molecule has 0 spiro atoms. The van der Waals surface area contributed by atoms with Crippen molar-refractivity contribution in [2.24, 2.45) is 46.8 Å². The van der Waals surface area contributed by atoms with Gasteiger partial charge in [0.25, 0.3) is 0 Å².